The third kappa shape index (κ3) is 10.6. The molecule has 0 rings (SSSR count). The molecule has 0 radical (unpaired) electrons. The molecule has 0 saturated heterocycles. The zero-order valence-electron chi connectivity index (χ0n) is 14.6. The summed E-state index contributed by atoms with van der Waals surface area (Å²) < 4.78 is 32.0. The molecule has 0 aliphatic carbocycles. The second kappa shape index (κ2) is 13.8. The summed E-state index contributed by atoms with van der Waals surface area (Å²) in [6.45, 7) is 3.58. The Morgan fingerprint density at radius 2 is 1.96 bits per heavy atom. The van der Waals surface area contributed by atoms with E-state index in [4.69, 9.17) is 0 Å². The molecule has 0 saturated carbocycles. The fourth-order valence-electron chi connectivity index (χ4n) is 1.55. The number of carbonyl (C=O) groups excluding carboxylic acids is 3. The molecule has 0 heterocycles. The fourth-order valence-corrected chi connectivity index (χ4v) is 4.30. The second-order valence-corrected chi connectivity index (χ2v) is 9.06. The first-order valence-corrected chi connectivity index (χ1v) is 11.7. The Kier molecular flexibility index (Phi) is 13.2. The van der Waals surface area contributed by atoms with Gasteiger partial charge in [0, 0.05) is 17.9 Å². The van der Waals surface area contributed by atoms with E-state index in [-0.39, 0.29) is 30.1 Å². The van der Waals surface area contributed by atoms with E-state index in [0.717, 1.165) is 0 Å². The highest BCUT2D eigenvalue weighted by atomic mass is 33.1. The Morgan fingerprint density at radius 3 is 2.50 bits per heavy atom. The maximum absolute atomic E-state index is 12.0. The minimum atomic E-state index is -4.73. The van der Waals surface area contributed by atoms with Gasteiger partial charge in [0.05, 0.1) is 0 Å². The van der Waals surface area contributed by atoms with Crippen LogP contribution in [0.2, 0.25) is 0 Å². The fraction of sp³-hybridized carbons (Fsp3) is 0.533. The van der Waals surface area contributed by atoms with E-state index in [2.05, 4.69) is 4.84 Å². The summed E-state index contributed by atoms with van der Waals surface area (Å²) in [7, 11) is -1.97. The number of imide groups is 1. The monoisotopic (exact) mass is 425 g/mol. The van der Waals surface area contributed by atoms with Crippen molar-refractivity contribution in [1.29, 1.82) is 0 Å². The number of allylic oxidation sites excluding steroid dienone is 3. The predicted octanol–water partition coefficient (Wildman–Crippen LogP) is 2.39. The zero-order valence-corrected chi connectivity index (χ0v) is 17.0. The van der Waals surface area contributed by atoms with Crippen LogP contribution in [-0.2, 0) is 29.3 Å². The Bertz CT molecular complexity index is 617. The number of amides is 2. The van der Waals surface area contributed by atoms with E-state index in [9.17, 15) is 27.4 Å². The summed E-state index contributed by atoms with van der Waals surface area (Å²) in [6.07, 6.45) is 7.66. The second-order valence-electron chi connectivity index (χ2n) is 4.84. The summed E-state index contributed by atoms with van der Waals surface area (Å²) in [6, 6.07) is 0. The van der Waals surface area contributed by atoms with Gasteiger partial charge in [-0.05, 0) is 19.8 Å². The van der Waals surface area contributed by atoms with E-state index < -0.39 is 27.2 Å². The van der Waals surface area contributed by atoms with Gasteiger partial charge in [0.2, 0.25) is 0 Å². The van der Waals surface area contributed by atoms with E-state index >= 15 is 0 Å². The van der Waals surface area contributed by atoms with Crippen LogP contribution in [-0.4, -0.2) is 53.1 Å². The molecule has 2 amide bonds. The third-order valence-corrected chi connectivity index (χ3v) is 6.22. The molecule has 1 atom stereocenters. The number of rotatable bonds is 12. The van der Waals surface area contributed by atoms with Crippen molar-refractivity contribution in [2.45, 2.75) is 38.4 Å². The molecular weight excluding hydrogens is 402 g/mol. The first-order chi connectivity index (χ1) is 12.3. The molecule has 0 spiro atoms. The summed E-state index contributed by atoms with van der Waals surface area (Å²) >= 11 is 0. The molecule has 0 aliphatic heterocycles. The predicted molar refractivity (Wildman–Crippen MR) is 103 cm³/mol. The first kappa shape index (κ1) is 24.7. The Balaban J connectivity index is 4.63. The number of nitrogens with zero attached hydrogens (tertiary/aromatic N) is 1. The smallest absolute Gasteiger partial charge is 0.329 e. The molecule has 0 aromatic heterocycles. The molecule has 1 unspecified atom stereocenters. The van der Waals surface area contributed by atoms with Gasteiger partial charge in [-0.25, -0.2) is 4.79 Å². The topological polar surface area (TPSA) is 118 Å². The van der Waals surface area contributed by atoms with Crippen molar-refractivity contribution in [1.82, 2.24) is 5.06 Å². The quantitative estimate of drug-likeness (QED) is 0.125. The third-order valence-electron chi connectivity index (χ3n) is 2.77. The number of hydrogen-bond acceptors (Lipinski definition) is 8. The summed E-state index contributed by atoms with van der Waals surface area (Å²) in [4.78, 5) is 38.9. The number of hydroxylamine groups is 2. The van der Waals surface area contributed by atoms with Crippen LogP contribution >= 0.6 is 21.6 Å². The van der Waals surface area contributed by atoms with Crippen molar-refractivity contribution in [3.8, 4) is 0 Å². The Hall–Kier alpha value is -1.30. The molecule has 0 aromatic carbocycles. The van der Waals surface area contributed by atoms with Crippen LogP contribution in [0.25, 0.3) is 0 Å². The lowest BCUT2D eigenvalue weighted by atomic mass is 10.3. The normalized spacial score (nSPS) is 13.0. The van der Waals surface area contributed by atoms with E-state index in [1.54, 1.807) is 6.92 Å². The average Bonchev–Trinajstić information content (AvgIpc) is 2.57. The van der Waals surface area contributed by atoms with E-state index in [0.29, 0.717) is 12.2 Å². The van der Waals surface area contributed by atoms with Crippen molar-refractivity contribution in [2.24, 2.45) is 0 Å². The van der Waals surface area contributed by atoms with Crippen LogP contribution < -0.4 is 0 Å². The SMILES string of the molecule is C/C=C\C=C/CSSCCC(C(=O)ON(C=O)C(=O)CCC)S(=O)(=O)O. The zero-order chi connectivity index (χ0) is 20.0. The van der Waals surface area contributed by atoms with Gasteiger partial charge in [-0.1, -0.05) is 52.8 Å². The van der Waals surface area contributed by atoms with Crippen molar-refractivity contribution >= 4 is 50.0 Å². The molecule has 1 N–H and O–H groups in total. The highest BCUT2D eigenvalue weighted by Crippen LogP contribution is 2.24. The highest BCUT2D eigenvalue weighted by Gasteiger charge is 2.34. The van der Waals surface area contributed by atoms with Gasteiger partial charge in [0.1, 0.15) is 0 Å². The molecule has 8 nitrogen and oxygen atoms in total. The van der Waals surface area contributed by atoms with Gasteiger partial charge in [-0.3, -0.25) is 14.1 Å². The minimum Gasteiger partial charge on any atom is -0.329 e. The highest BCUT2D eigenvalue weighted by molar-refractivity contribution is 8.76. The molecule has 0 fully saturated rings. The van der Waals surface area contributed by atoms with Gasteiger partial charge in [0.25, 0.3) is 22.4 Å². The van der Waals surface area contributed by atoms with Crippen LogP contribution in [0.5, 0.6) is 0 Å². The summed E-state index contributed by atoms with van der Waals surface area (Å²) in [5.74, 6) is -1.23. The number of hydrogen-bond donors (Lipinski definition) is 1. The van der Waals surface area contributed by atoms with Crippen LogP contribution in [0.4, 0.5) is 0 Å². The van der Waals surface area contributed by atoms with Crippen molar-refractivity contribution < 1.29 is 32.2 Å². The van der Waals surface area contributed by atoms with Crippen LogP contribution in [0.3, 0.4) is 0 Å². The van der Waals surface area contributed by atoms with Crippen LogP contribution in [0.1, 0.15) is 33.1 Å². The van der Waals surface area contributed by atoms with Gasteiger partial charge in [0.15, 0.2) is 5.25 Å². The lowest BCUT2D eigenvalue weighted by Gasteiger charge is -2.17. The molecule has 0 aromatic rings. The molecule has 148 valence electrons. The van der Waals surface area contributed by atoms with Crippen LogP contribution in [0, 0.1) is 0 Å². The molecule has 0 aliphatic rings. The Morgan fingerprint density at radius 1 is 1.27 bits per heavy atom. The van der Waals surface area contributed by atoms with Crippen LogP contribution in [0.15, 0.2) is 24.3 Å². The molecule has 11 heteroatoms. The molecule has 0 bridgehead atoms. The largest absolute Gasteiger partial charge is 0.353 e. The van der Waals surface area contributed by atoms with E-state index in [1.165, 1.54) is 21.6 Å². The van der Waals surface area contributed by atoms with Gasteiger partial charge >= 0.3 is 5.97 Å². The first-order valence-electron chi connectivity index (χ1n) is 7.75. The van der Waals surface area contributed by atoms with Gasteiger partial charge in [-0.2, -0.15) is 8.42 Å². The summed E-state index contributed by atoms with van der Waals surface area (Å²) in [5.41, 5.74) is 0. The van der Waals surface area contributed by atoms with Crippen molar-refractivity contribution in [3.05, 3.63) is 24.3 Å². The van der Waals surface area contributed by atoms with Crippen molar-refractivity contribution in [2.75, 3.05) is 11.5 Å². The van der Waals surface area contributed by atoms with Crippen molar-refractivity contribution in [3.63, 3.8) is 0 Å². The van der Waals surface area contributed by atoms with Gasteiger partial charge < -0.3 is 4.84 Å². The number of carbonyl (C=O) groups is 3. The lowest BCUT2D eigenvalue weighted by Crippen LogP contribution is -2.39. The molecular formula is C15H23NO7S3. The Labute approximate surface area is 161 Å². The maximum Gasteiger partial charge on any atom is 0.353 e. The average molecular weight is 426 g/mol. The minimum absolute atomic E-state index is 0.0152. The lowest BCUT2D eigenvalue weighted by molar-refractivity contribution is -0.196. The molecule has 26 heavy (non-hydrogen) atoms. The maximum atomic E-state index is 12.0. The summed E-state index contributed by atoms with van der Waals surface area (Å²) in [5, 5.41) is -1.72. The van der Waals surface area contributed by atoms with Gasteiger partial charge in [-0.15, -0.1) is 5.06 Å². The standard InChI is InChI=1S/C15H23NO7S3/c1-3-5-6-7-10-24-25-11-9-13(26(20,21)22)15(19)23-16(12-17)14(18)8-4-2/h3,5-7,12-13H,4,8-11H2,1-2H3,(H,20,21,22)/b5-3-,7-6-. The van der Waals surface area contributed by atoms with E-state index in [1.807, 2.05) is 31.2 Å².